The third kappa shape index (κ3) is 12.4. The number of aromatic carboxylic acids is 2. The predicted octanol–water partition coefficient (Wildman–Crippen LogP) is 14.7. The highest BCUT2D eigenvalue weighted by Gasteiger charge is 2.22. The number of para-hydroxylation sites is 1. The van der Waals surface area contributed by atoms with Gasteiger partial charge < -0.3 is 34.8 Å². The van der Waals surface area contributed by atoms with Crippen molar-refractivity contribution in [1.29, 1.82) is 0 Å². The number of carboxylic acids is 2. The van der Waals surface area contributed by atoms with Crippen molar-refractivity contribution >= 4 is 104 Å². The number of rotatable bonds is 11. The van der Waals surface area contributed by atoms with Gasteiger partial charge in [0.05, 0.1) is 5.56 Å². The lowest BCUT2D eigenvalue weighted by molar-refractivity contribution is -0.646. The summed E-state index contributed by atoms with van der Waals surface area (Å²) >= 11 is 8.03. The molecular formula is C67H62Cl2N4O6S. The number of aromatic nitrogens is 2. The second kappa shape index (κ2) is 25.2. The van der Waals surface area contributed by atoms with Crippen LogP contribution in [0.5, 0.6) is 11.5 Å². The molecule has 3 heterocycles. The second-order valence-corrected chi connectivity index (χ2v) is 21.5. The van der Waals surface area contributed by atoms with Crippen LogP contribution in [0.3, 0.4) is 0 Å². The SMILES string of the molecule is CN(C)CCC=C1c2ccccc2Sc2ccc(Cl)cc21.Cc1cc(C=Cc2ccc3cc(N(C)C)ccc3[n+]2C)c(C)n1-c1ccccc1.Cl.O=C(O)c1cc2ccccc2c(Cc2c(O)c(C(=O)O)cc3ccccc23)c1[O-]. The standard InChI is InChI=1S/C26H28N3.C23H16O6.C18H18ClNS.ClH/c1-19-17-21(20(2)29(19)24-9-7-6-8-10-24)11-13-23-14-12-22-18-25(27(3)4)15-16-26(22)28(23)5;24-20-16(14-7-3-1-5-12(14)9-18(20)22(26)27)11-17-15-8-4-2-6-13(15)10-19(21(17)25)23(28)29;1-20(2)11-5-7-14-15-6-3-4-8-17(15)21-18-10-9-13(19)12-16(14)18;/h6-18H,1-5H3;1-10,24-25H,11H2,(H,26,27)(H,28,29);3-4,6-10,12H,5,11H2,1-2H3;1H/q+1;;;/p-1. The average molecular weight is 1120 g/mol. The number of nitrogens with zero attached hydrogens (tertiary/aromatic N) is 4. The Morgan fingerprint density at radius 1 is 0.675 bits per heavy atom. The van der Waals surface area contributed by atoms with Gasteiger partial charge in [0.2, 0.25) is 11.2 Å². The van der Waals surface area contributed by atoms with E-state index in [0.29, 0.717) is 21.5 Å². The number of anilines is 1. The summed E-state index contributed by atoms with van der Waals surface area (Å²) in [6.07, 6.45) is 7.70. The van der Waals surface area contributed by atoms with E-state index < -0.39 is 23.4 Å². The van der Waals surface area contributed by atoms with Crippen LogP contribution in [0.2, 0.25) is 5.02 Å². The van der Waals surface area contributed by atoms with E-state index in [-0.39, 0.29) is 41.1 Å². The molecule has 0 spiro atoms. The zero-order valence-corrected chi connectivity index (χ0v) is 48.0. The van der Waals surface area contributed by atoms with Crippen molar-refractivity contribution in [1.82, 2.24) is 9.47 Å². The predicted molar refractivity (Wildman–Crippen MR) is 329 cm³/mol. The van der Waals surface area contributed by atoms with E-state index in [0.717, 1.165) is 18.0 Å². The van der Waals surface area contributed by atoms with Crippen molar-refractivity contribution in [2.75, 3.05) is 39.6 Å². The van der Waals surface area contributed by atoms with Crippen molar-refractivity contribution in [2.45, 2.75) is 36.5 Å². The molecule has 0 amide bonds. The molecule has 13 heteroatoms. The average Bonchev–Trinajstić information content (AvgIpc) is 3.73. The van der Waals surface area contributed by atoms with Crippen LogP contribution in [-0.4, -0.2) is 71.5 Å². The summed E-state index contributed by atoms with van der Waals surface area (Å²) in [6.45, 7) is 5.40. The van der Waals surface area contributed by atoms with Gasteiger partial charge in [0.25, 0.3) is 0 Å². The van der Waals surface area contributed by atoms with Crippen molar-refractivity contribution < 1.29 is 34.6 Å². The highest BCUT2D eigenvalue weighted by molar-refractivity contribution is 7.99. The molecule has 0 saturated carbocycles. The molecule has 10 nitrogen and oxygen atoms in total. The quantitative estimate of drug-likeness (QED) is 0.108. The van der Waals surface area contributed by atoms with Gasteiger partial charge in [-0.15, -0.1) is 12.4 Å². The largest absolute Gasteiger partial charge is 0.872 e. The van der Waals surface area contributed by atoms with Gasteiger partial charge in [0, 0.05) is 93.8 Å². The lowest BCUT2D eigenvalue weighted by Crippen LogP contribution is -2.32. The van der Waals surface area contributed by atoms with Crippen molar-refractivity contribution in [3.8, 4) is 17.2 Å². The first-order valence-corrected chi connectivity index (χ1v) is 27.0. The highest BCUT2D eigenvalue weighted by Crippen LogP contribution is 2.46. The normalized spacial score (nSPS) is 12.1. The molecule has 2 aromatic heterocycles. The van der Waals surface area contributed by atoms with Crippen molar-refractivity contribution in [3.63, 3.8) is 0 Å². The molecule has 0 fully saturated rings. The summed E-state index contributed by atoms with van der Waals surface area (Å²) in [5.41, 5.74) is 12.3. The van der Waals surface area contributed by atoms with E-state index in [1.165, 1.54) is 83.5 Å². The molecular weight excluding hydrogens is 1060 g/mol. The van der Waals surface area contributed by atoms with Crippen LogP contribution in [0.15, 0.2) is 186 Å². The first kappa shape index (κ1) is 57.8. The minimum Gasteiger partial charge on any atom is -0.872 e. The van der Waals surface area contributed by atoms with E-state index in [1.807, 2.05) is 17.8 Å². The van der Waals surface area contributed by atoms with Gasteiger partial charge in [-0.05, 0) is 163 Å². The molecule has 10 aromatic rings. The minimum atomic E-state index is -1.34. The number of hydrogen-bond acceptors (Lipinski definition) is 7. The fourth-order valence-corrected chi connectivity index (χ4v) is 11.4. The molecule has 3 N–H and O–H groups in total. The Morgan fingerprint density at radius 3 is 1.98 bits per heavy atom. The molecule has 8 aromatic carbocycles. The molecule has 0 aliphatic carbocycles. The number of fused-ring (bicyclic) bond motifs is 5. The molecule has 11 rings (SSSR count). The molecule has 0 saturated heterocycles. The summed E-state index contributed by atoms with van der Waals surface area (Å²) < 4.78 is 4.56. The van der Waals surface area contributed by atoms with Crippen LogP contribution in [0.25, 0.3) is 55.9 Å². The lowest BCUT2D eigenvalue weighted by atomic mass is 9.90. The van der Waals surface area contributed by atoms with Gasteiger partial charge in [-0.1, -0.05) is 120 Å². The number of pyridine rings is 1. The minimum absolute atomic E-state index is 0. The molecule has 80 heavy (non-hydrogen) atoms. The number of carboxylic acid groups (broad SMARTS) is 2. The molecule has 0 unspecified atom stereocenters. The first-order valence-electron chi connectivity index (χ1n) is 25.9. The fourth-order valence-electron chi connectivity index (χ4n) is 10.2. The Labute approximate surface area is 482 Å². The third-order valence-corrected chi connectivity index (χ3v) is 15.6. The van der Waals surface area contributed by atoms with Crippen LogP contribution < -0.4 is 14.6 Å². The number of phenols is 1. The Balaban J connectivity index is 0.000000159. The van der Waals surface area contributed by atoms with E-state index in [1.54, 1.807) is 48.5 Å². The topological polar surface area (TPSA) is 133 Å². The Bertz CT molecular complexity index is 3920. The van der Waals surface area contributed by atoms with Gasteiger partial charge in [0.1, 0.15) is 18.4 Å². The maximum atomic E-state index is 12.9. The fraction of sp³-hybridized carbons (Fsp3) is 0.149. The number of hydrogen-bond donors (Lipinski definition) is 3. The van der Waals surface area contributed by atoms with E-state index in [9.17, 15) is 30.0 Å². The zero-order valence-electron chi connectivity index (χ0n) is 45.6. The number of halogens is 2. The number of carbonyl (C=O) groups is 2. The van der Waals surface area contributed by atoms with Crippen LogP contribution in [0.1, 0.15) is 72.0 Å². The number of aryl methyl sites for hydroxylation is 2. The Hall–Kier alpha value is -8.32. The van der Waals surface area contributed by atoms with Crippen LogP contribution in [-0.2, 0) is 13.5 Å². The zero-order chi connectivity index (χ0) is 56.1. The van der Waals surface area contributed by atoms with Gasteiger partial charge in [0.15, 0.2) is 0 Å². The van der Waals surface area contributed by atoms with E-state index in [2.05, 4.69) is 189 Å². The molecule has 406 valence electrons. The van der Waals surface area contributed by atoms with Gasteiger partial charge in [-0.2, -0.15) is 4.57 Å². The van der Waals surface area contributed by atoms with Gasteiger partial charge in [-0.3, -0.25) is 0 Å². The van der Waals surface area contributed by atoms with Gasteiger partial charge in [-0.25, -0.2) is 9.59 Å². The van der Waals surface area contributed by atoms with Crippen LogP contribution in [0, 0.1) is 13.8 Å². The molecule has 0 atom stereocenters. The molecule has 1 aliphatic heterocycles. The molecule has 0 bridgehead atoms. The lowest BCUT2D eigenvalue weighted by Gasteiger charge is -2.22. The smallest absolute Gasteiger partial charge is 0.339 e. The van der Waals surface area contributed by atoms with E-state index in [4.69, 9.17) is 11.6 Å². The summed E-state index contributed by atoms with van der Waals surface area (Å²) in [6, 6.07) is 55.1. The maximum Gasteiger partial charge on any atom is 0.339 e. The summed E-state index contributed by atoms with van der Waals surface area (Å²) in [7, 11) is 10.5. The Morgan fingerprint density at radius 2 is 1.30 bits per heavy atom. The first-order chi connectivity index (χ1) is 38.0. The second-order valence-electron chi connectivity index (χ2n) is 19.9. The summed E-state index contributed by atoms with van der Waals surface area (Å²) in [5, 5.41) is 46.9. The van der Waals surface area contributed by atoms with E-state index >= 15 is 0 Å². The monoisotopic (exact) mass is 1120 g/mol. The third-order valence-electron chi connectivity index (χ3n) is 14.2. The van der Waals surface area contributed by atoms with Crippen LogP contribution in [0.4, 0.5) is 5.69 Å². The van der Waals surface area contributed by atoms with Crippen molar-refractivity contribution in [3.05, 3.63) is 237 Å². The summed E-state index contributed by atoms with van der Waals surface area (Å²) in [4.78, 5) is 30.1. The van der Waals surface area contributed by atoms with Crippen LogP contribution >= 0.6 is 35.8 Å². The van der Waals surface area contributed by atoms with Gasteiger partial charge >= 0.3 is 11.9 Å². The molecule has 1 aliphatic rings. The highest BCUT2D eigenvalue weighted by atomic mass is 35.5. The molecule has 0 radical (unpaired) electrons. The summed E-state index contributed by atoms with van der Waals surface area (Å²) in [5.74, 6) is -3.71. The van der Waals surface area contributed by atoms with Crippen molar-refractivity contribution in [2.24, 2.45) is 7.05 Å². The maximum absolute atomic E-state index is 12.9. The number of aromatic hydroxyl groups is 1. The Kier molecular flexibility index (Phi) is 18.2. The number of benzene rings is 8.